The molecule has 4 heteroatoms. The highest BCUT2D eigenvalue weighted by molar-refractivity contribution is 5.83. The van der Waals surface area contributed by atoms with Gasteiger partial charge in [-0.15, -0.1) is 0 Å². The first-order valence-electron chi connectivity index (χ1n) is 11.3. The molecule has 0 atom stereocenters. The Hall–Kier alpha value is -3.40. The summed E-state index contributed by atoms with van der Waals surface area (Å²) in [6.45, 7) is 4.06. The van der Waals surface area contributed by atoms with E-state index in [1.807, 2.05) is 12.1 Å². The fourth-order valence-electron chi connectivity index (χ4n) is 4.68. The summed E-state index contributed by atoms with van der Waals surface area (Å²) in [5.74, 6) is -0.486. The molecule has 0 saturated carbocycles. The maximum absolute atomic E-state index is 14.1. The molecule has 1 N–H and O–H groups in total. The van der Waals surface area contributed by atoms with E-state index in [-0.39, 0.29) is 10.8 Å². The van der Waals surface area contributed by atoms with Crippen LogP contribution in [0.3, 0.4) is 0 Å². The summed E-state index contributed by atoms with van der Waals surface area (Å²) in [5, 5.41) is 0.123. The number of anilines is 1. The van der Waals surface area contributed by atoms with E-state index in [1.54, 1.807) is 19.1 Å². The van der Waals surface area contributed by atoms with Crippen LogP contribution in [0.5, 0.6) is 0 Å². The second-order valence-corrected chi connectivity index (χ2v) is 8.70. The zero-order valence-corrected chi connectivity index (χ0v) is 18.3. The topological polar surface area (TPSA) is 36.1 Å². The number of H-pyrrole nitrogens is 1. The van der Waals surface area contributed by atoms with Gasteiger partial charge in [0, 0.05) is 24.3 Å². The monoisotopic (exact) mass is 426 g/mol. The number of hydrogen-bond donors (Lipinski definition) is 1. The third kappa shape index (κ3) is 3.93. The summed E-state index contributed by atoms with van der Waals surface area (Å²) in [6.07, 6.45) is 4.77. The highest BCUT2D eigenvalue weighted by atomic mass is 19.1. The second-order valence-electron chi connectivity index (χ2n) is 8.70. The van der Waals surface area contributed by atoms with E-state index in [9.17, 15) is 9.18 Å². The Morgan fingerprint density at radius 1 is 0.875 bits per heavy atom. The van der Waals surface area contributed by atoms with E-state index in [2.05, 4.69) is 46.3 Å². The van der Waals surface area contributed by atoms with E-state index in [1.165, 1.54) is 42.1 Å². The van der Waals surface area contributed by atoms with Gasteiger partial charge in [0.25, 0.3) is 0 Å². The molecule has 3 nitrogen and oxygen atoms in total. The summed E-state index contributed by atoms with van der Waals surface area (Å²) in [6, 6.07) is 21.8. The minimum absolute atomic E-state index is 0.123. The molecular formula is C28H27FN2O. The van der Waals surface area contributed by atoms with Crippen molar-refractivity contribution in [3.63, 3.8) is 0 Å². The maximum Gasteiger partial charge on any atom is 0.195 e. The molecule has 0 bridgehead atoms. The van der Waals surface area contributed by atoms with Gasteiger partial charge in [0.2, 0.25) is 0 Å². The molecule has 5 rings (SSSR count). The number of aromatic nitrogens is 1. The first-order chi connectivity index (χ1) is 15.6. The molecule has 32 heavy (non-hydrogen) atoms. The van der Waals surface area contributed by atoms with Crippen molar-refractivity contribution in [1.29, 1.82) is 0 Å². The Balaban J connectivity index is 1.37. The molecule has 0 radical (unpaired) electrons. The average molecular weight is 427 g/mol. The number of pyridine rings is 1. The zero-order chi connectivity index (χ0) is 22.1. The molecule has 1 saturated heterocycles. The summed E-state index contributed by atoms with van der Waals surface area (Å²) in [7, 11) is 0. The van der Waals surface area contributed by atoms with Crippen LogP contribution < -0.4 is 10.3 Å². The van der Waals surface area contributed by atoms with Gasteiger partial charge in [-0.1, -0.05) is 42.5 Å². The van der Waals surface area contributed by atoms with Crippen LogP contribution >= 0.6 is 0 Å². The molecule has 0 amide bonds. The van der Waals surface area contributed by atoms with Crippen molar-refractivity contribution < 1.29 is 4.39 Å². The first-order valence-corrected chi connectivity index (χ1v) is 11.3. The van der Waals surface area contributed by atoms with Crippen LogP contribution in [0.4, 0.5) is 10.1 Å². The highest BCUT2D eigenvalue weighted by Gasteiger charge is 2.13. The van der Waals surface area contributed by atoms with Gasteiger partial charge in [0.15, 0.2) is 5.43 Å². The third-order valence-electron chi connectivity index (χ3n) is 6.52. The number of rotatable bonds is 4. The molecule has 4 aromatic rings. The first kappa shape index (κ1) is 20.5. The van der Waals surface area contributed by atoms with Gasteiger partial charge in [-0.25, -0.2) is 4.39 Å². The van der Waals surface area contributed by atoms with E-state index in [0.717, 1.165) is 30.8 Å². The minimum Gasteiger partial charge on any atom is -0.372 e. The highest BCUT2D eigenvalue weighted by Crippen LogP contribution is 2.25. The minimum atomic E-state index is -0.486. The molecule has 0 aliphatic carbocycles. The van der Waals surface area contributed by atoms with Crippen molar-refractivity contribution in [2.75, 3.05) is 18.0 Å². The van der Waals surface area contributed by atoms with Gasteiger partial charge < -0.3 is 9.88 Å². The maximum atomic E-state index is 14.1. The molecule has 2 heterocycles. The number of piperidine rings is 1. The number of nitrogens with zero attached hydrogens (tertiary/aromatic N) is 1. The number of nitrogens with one attached hydrogen (secondary N) is 1. The predicted octanol–water partition coefficient (Wildman–Crippen LogP) is 6.22. The smallest absolute Gasteiger partial charge is 0.195 e. The van der Waals surface area contributed by atoms with Gasteiger partial charge >= 0.3 is 0 Å². The summed E-state index contributed by atoms with van der Waals surface area (Å²) >= 11 is 0. The van der Waals surface area contributed by atoms with Crippen LogP contribution in [-0.4, -0.2) is 18.1 Å². The average Bonchev–Trinajstić information content (AvgIpc) is 2.83. The summed E-state index contributed by atoms with van der Waals surface area (Å²) in [5.41, 5.74) is 6.27. The number of aromatic amines is 1. The SMILES string of the molecule is Cc1c(-c2ccc(Cc3ccc(N4CCCCC4)cc3)cc2)[nH]c2cccc(F)c2c1=O. The van der Waals surface area contributed by atoms with Crippen molar-refractivity contribution >= 4 is 16.6 Å². The Kier molecular flexibility index (Phi) is 5.52. The fraction of sp³-hybridized carbons (Fsp3) is 0.250. The molecule has 0 spiro atoms. The predicted molar refractivity (Wildman–Crippen MR) is 130 cm³/mol. The number of benzene rings is 3. The summed E-state index contributed by atoms with van der Waals surface area (Å²) in [4.78, 5) is 18.5. The molecule has 1 aliphatic rings. The fourth-order valence-corrected chi connectivity index (χ4v) is 4.68. The lowest BCUT2D eigenvalue weighted by Gasteiger charge is -2.28. The summed E-state index contributed by atoms with van der Waals surface area (Å²) < 4.78 is 14.1. The van der Waals surface area contributed by atoms with E-state index in [4.69, 9.17) is 0 Å². The van der Waals surface area contributed by atoms with Gasteiger partial charge in [-0.2, -0.15) is 0 Å². The Labute approximate surface area is 187 Å². The molecule has 0 unspecified atom stereocenters. The van der Waals surface area contributed by atoms with E-state index >= 15 is 0 Å². The Bertz CT molecular complexity index is 1300. The van der Waals surface area contributed by atoms with Crippen molar-refractivity contribution in [2.24, 2.45) is 0 Å². The van der Waals surface area contributed by atoms with E-state index in [0.29, 0.717) is 11.1 Å². The third-order valence-corrected chi connectivity index (χ3v) is 6.52. The van der Waals surface area contributed by atoms with Gasteiger partial charge in [-0.05, 0) is 73.6 Å². The van der Waals surface area contributed by atoms with Crippen molar-refractivity contribution in [2.45, 2.75) is 32.6 Å². The molecule has 1 aromatic heterocycles. The number of halogens is 1. The Morgan fingerprint density at radius 2 is 1.53 bits per heavy atom. The van der Waals surface area contributed by atoms with Crippen LogP contribution in [0.25, 0.3) is 22.2 Å². The van der Waals surface area contributed by atoms with Crippen LogP contribution in [0.2, 0.25) is 0 Å². The van der Waals surface area contributed by atoms with Crippen LogP contribution in [-0.2, 0) is 6.42 Å². The van der Waals surface area contributed by atoms with Gasteiger partial charge in [0.05, 0.1) is 16.6 Å². The molecule has 3 aromatic carbocycles. The van der Waals surface area contributed by atoms with Crippen LogP contribution in [0.1, 0.15) is 36.0 Å². The second kappa shape index (κ2) is 8.62. The zero-order valence-electron chi connectivity index (χ0n) is 18.3. The normalized spacial score (nSPS) is 14.1. The molecule has 162 valence electrons. The van der Waals surface area contributed by atoms with Crippen LogP contribution in [0, 0.1) is 12.7 Å². The van der Waals surface area contributed by atoms with Crippen molar-refractivity contribution in [1.82, 2.24) is 4.98 Å². The number of fused-ring (bicyclic) bond motifs is 1. The lowest BCUT2D eigenvalue weighted by Crippen LogP contribution is -2.29. The standard InChI is InChI=1S/C28H27FN2O/c1-19-27(30-25-7-5-6-24(29)26(25)28(19)32)22-12-8-20(9-13-22)18-21-10-14-23(15-11-21)31-16-3-2-4-17-31/h5-15H,2-4,16-18H2,1H3,(H,30,32). The van der Waals surface area contributed by atoms with Crippen LogP contribution in [0.15, 0.2) is 71.5 Å². The van der Waals surface area contributed by atoms with Crippen molar-refractivity contribution in [3.8, 4) is 11.3 Å². The molecular weight excluding hydrogens is 399 g/mol. The quantitative estimate of drug-likeness (QED) is 0.420. The largest absolute Gasteiger partial charge is 0.372 e. The Morgan fingerprint density at radius 3 is 2.22 bits per heavy atom. The lowest BCUT2D eigenvalue weighted by atomic mass is 9.99. The van der Waals surface area contributed by atoms with Crippen molar-refractivity contribution in [3.05, 3.63) is 99.5 Å². The molecule has 1 fully saturated rings. The molecule has 1 aliphatic heterocycles. The number of hydrogen-bond acceptors (Lipinski definition) is 2. The lowest BCUT2D eigenvalue weighted by molar-refractivity contribution is 0.578. The van der Waals surface area contributed by atoms with Gasteiger partial charge in [-0.3, -0.25) is 4.79 Å². The van der Waals surface area contributed by atoms with Gasteiger partial charge in [0.1, 0.15) is 5.82 Å². The van der Waals surface area contributed by atoms with E-state index < -0.39 is 5.82 Å².